The van der Waals surface area contributed by atoms with Gasteiger partial charge in [-0.3, -0.25) is 0 Å². The van der Waals surface area contributed by atoms with Crippen molar-refractivity contribution >= 4 is 0 Å². The first-order valence-electron chi connectivity index (χ1n) is 3.82. The average Bonchev–Trinajstić information content (AvgIpc) is 2.01. The fraction of sp³-hybridized carbons (Fsp3) is 1.00. The Hall–Kier alpha value is -0.160. The number of hydrogen-bond donors (Lipinski definition) is 4. The molecule has 0 heterocycles. The van der Waals surface area contributed by atoms with E-state index in [4.69, 9.17) is 15.3 Å². The first-order valence-corrected chi connectivity index (χ1v) is 3.82. The monoisotopic (exact) mass is 162 g/mol. The van der Waals surface area contributed by atoms with Crippen LogP contribution in [0.15, 0.2) is 0 Å². The maximum absolute atomic E-state index is 9.24. The second-order valence-electron chi connectivity index (χ2n) is 3.07. The van der Waals surface area contributed by atoms with Crippen molar-refractivity contribution in [2.24, 2.45) is 5.92 Å². The molecule has 1 fully saturated rings. The average molecular weight is 162 g/mol. The lowest BCUT2D eigenvalue weighted by molar-refractivity contribution is -0.118. The van der Waals surface area contributed by atoms with Crippen LogP contribution in [0, 0.1) is 5.92 Å². The van der Waals surface area contributed by atoms with Crippen molar-refractivity contribution in [3.63, 3.8) is 0 Å². The molecule has 0 aromatic carbocycles. The molecule has 1 aliphatic carbocycles. The largest absolute Gasteiger partial charge is 0.396 e. The van der Waals surface area contributed by atoms with E-state index in [-0.39, 0.29) is 12.5 Å². The van der Waals surface area contributed by atoms with Crippen LogP contribution in [0.1, 0.15) is 12.8 Å². The van der Waals surface area contributed by atoms with E-state index in [9.17, 15) is 5.11 Å². The lowest BCUT2D eigenvalue weighted by Gasteiger charge is -2.33. The summed E-state index contributed by atoms with van der Waals surface area (Å²) >= 11 is 0. The minimum absolute atomic E-state index is 0.134. The summed E-state index contributed by atoms with van der Waals surface area (Å²) in [4.78, 5) is 0. The Balaban J connectivity index is 2.52. The summed E-state index contributed by atoms with van der Waals surface area (Å²) in [6.45, 7) is -0.134. The van der Waals surface area contributed by atoms with Gasteiger partial charge in [0.05, 0.1) is 12.2 Å². The van der Waals surface area contributed by atoms with E-state index < -0.39 is 18.3 Å². The molecule has 66 valence electrons. The van der Waals surface area contributed by atoms with Crippen LogP contribution in [-0.4, -0.2) is 45.3 Å². The van der Waals surface area contributed by atoms with Gasteiger partial charge in [0.1, 0.15) is 6.10 Å². The second-order valence-corrected chi connectivity index (χ2v) is 3.07. The van der Waals surface area contributed by atoms with Gasteiger partial charge in [0.15, 0.2) is 0 Å². The van der Waals surface area contributed by atoms with Crippen LogP contribution >= 0.6 is 0 Å². The minimum Gasteiger partial charge on any atom is -0.396 e. The molecule has 11 heavy (non-hydrogen) atoms. The van der Waals surface area contributed by atoms with Crippen LogP contribution in [0.25, 0.3) is 0 Å². The molecule has 1 saturated carbocycles. The summed E-state index contributed by atoms with van der Waals surface area (Å²) in [6.07, 6.45) is -1.91. The molecule has 4 N–H and O–H groups in total. The van der Waals surface area contributed by atoms with Gasteiger partial charge in [-0.05, 0) is 12.8 Å². The highest BCUT2D eigenvalue weighted by molar-refractivity contribution is 4.86. The molecule has 2 unspecified atom stereocenters. The Labute approximate surface area is 65.1 Å². The fourth-order valence-electron chi connectivity index (χ4n) is 1.43. The van der Waals surface area contributed by atoms with Crippen molar-refractivity contribution in [3.8, 4) is 0 Å². The molecule has 1 aliphatic rings. The summed E-state index contributed by atoms with van der Waals surface area (Å²) in [5.74, 6) is -0.284. The highest BCUT2D eigenvalue weighted by Crippen LogP contribution is 2.24. The second kappa shape index (κ2) is 3.49. The smallest absolute Gasteiger partial charge is 0.106 e. The Morgan fingerprint density at radius 1 is 1.00 bits per heavy atom. The van der Waals surface area contributed by atoms with Crippen LogP contribution in [0.3, 0.4) is 0 Å². The van der Waals surface area contributed by atoms with E-state index in [1.165, 1.54) is 0 Å². The van der Waals surface area contributed by atoms with E-state index >= 15 is 0 Å². The molecule has 0 spiro atoms. The normalized spacial score (nSPS) is 45.8. The van der Waals surface area contributed by atoms with Gasteiger partial charge in [-0.2, -0.15) is 0 Å². The first kappa shape index (κ1) is 8.93. The zero-order valence-corrected chi connectivity index (χ0v) is 6.22. The number of hydrogen-bond acceptors (Lipinski definition) is 4. The van der Waals surface area contributed by atoms with Gasteiger partial charge >= 0.3 is 0 Å². The highest BCUT2D eigenvalue weighted by atomic mass is 16.4. The van der Waals surface area contributed by atoms with E-state index in [1.54, 1.807) is 0 Å². The van der Waals surface area contributed by atoms with Crippen LogP contribution in [0.4, 0.5) is 0 Å². The Bertz CT molecular complexity index is 126. The first-order chi connectivity index (χ1) is 5.16. The topological polar surface area (TPSA) is 80.9 Å². The van der Waals surface area contributed by atoms with Crippen molar-refractivity contribution in [3.05, 3.63) is 0 Å². The van der Waals surface area contributed by atoms with Gasteiger partial charge < -0.3 is 20.4 Å². The van der Waals surface area contributed by atoms with Gasteiger partial charge in [-0.15, -0.1) is 0 Å². The van der Waals surface area contributed by atoms with Crippen molar-refractivity contribution in [2.75, 3.05) is 6.61 Å². The van der Waals surface area contributed by atoms with E-state index in [2.05, 4.69) is 0 Å². The molecule has 4 heteroatoms. The van der Waals surface area contributed by atoms with Gasteiger partial charge in [-0.1, -0.05) is 0 Å². The molecule has 0 bridgehead atoms. The minimum atomic E-state index is -1.10. The Morgan fingerprint density at radius 3 is 2.18 bits per heavy atom. The van der Waals surface area contributed by atoms with Crippen molar-refractivity contribution in [2.45, 2.75) is 31.2 Å². The van der Waals surface area contributed by atoms with Gasteiger partial charge in [0, 0.05) is 12.5 Å². The molecule has 0 radical (unpaired) electrons. The molecule has 1 rings (SSSR count). The lowest BCUT2D eigenvalue weighted by Crippen LogP contribution is -2.47. The van der Waals surface area contributed by atoms with Crippen molar-refractivity contribution < 1.29 is 20.4 Å². The molecular formula is C7H14O4. The van der Waals surface area contributed by atoms with Gasteiger partial charge in [0.2, 0.25) is 0 Å². The molecule has 0 aromatic heterocycles. The van der Waals surface area contributed by atoms with E-state index in [0.717, 1.165) is 0 Å². The number of aliphatic hydroxyl groups is 4. The number of aliphatic hydroxyl groups excluding tert-OH is 4. The zero-order valence-electron chi connectivity index (χ0n) is 6.22. The molecule has 0 aliphatic heterocycles. The SMILES string of the molecule is OCC1CC[C@@H](O)[C@@H](O)C1O. The number of rotatable bonds is 1. The highest BCUT2D eigenvalue weighted by Gasteiger charge is 2.35. The summed E-state index contributed by atoms with van der Waals surface area (Å²) in [7, 11) is 0. The third-order valence-electron chi connectivity index (χ3n) is 2.29. The molecule has 0 aromatic rings. The predicted molar refractivity (Wildman–Crippen MR) is 37.8 cm³/mol. The van der Waals surface area contributed by atoms with Gasteiger partial charge in [-0.25, -0.2) is 0 Å². The Morgan fingerprint density at radius 2 is 1.64 bits per heavy atom. The predicted octanol–water partition coefficient (Wildman–Crippen LogP) is -1.53. The maximum atomic E-state index is 9.24. The molecular weight excluding hydrogens is 148 g/mol. The quantitative estimate of drug-likeness (QED) is 0.377. The third kappa shape index (κ3) is 1.70. The van der Waals surface area contributed by atoms with E-state index in [1.807, 2.05) is 0 Å². The Kier molecular flexibility index (Phi) is 2.84. The van der Waals surface area contributed by atoms with Crippen molar-refractivity contribution in [1.29, 1.82) is 0 Å². The fourth-order valence-corrected chi connectivity index (χ4v) is 1.43. The zero-order chi connectivity index (χ0) is 8.43. The van der Waals surface area contributed by atoms with Crippen LogP contribution in [0.2, 0.25) is 0 Å². The van der Waals surface area contributed by atoms with Crippen LogP contribution < -0.4 is 0 Å². The van der Waals surface area contributed by atoms with Gasteiger partial charge in [0.25, 0.3) is 0 Å². The standard InChI is InChI=1S/C7H14O4/c8-3-4-1-2-5(9)7(11)6(4)10/h4-11H,1-3H2/t4?,5-,6?,7-/m1/s1. The third-order valence-corrected chi connectivity index (χ3v) is 2.29. The maximum Gasteiger partial charge on any atom is 0.106 e. The molecule has 4 atom stereocenters. The summed E-state index contributed by atoms with van der Waals surface area (Å²) in [6, 6.07) is 0. The van der Waals surface area contributed by atoms with Crippen LogP contribution in [0.5, 0.6) is 0 Å². The lowest BCUT2D eigenvalue weighted by atomic mass is 9.83. The molecule has 4 nitrogen and oxygen atoms in total. The molecule has 0 amide bonds. The summed E-state index contributed by atoms with van der Waals surface area (Å²) < 4.78 is 0. The summed E-state index contributed by atoms with van der Waals surface area (Å²) in [5, 5.41) is 36.2. The van der Waals surface area contributed by atoms with E-state index in [0.29, 0.717) is 12.8 Å². The van der Waals surface area contributed by atoms with Crippen LogP contribution in [-0.2, 0) is 0 Å². The molecule has 0 saturated heterocycles. The summed E-state index contributed by atoms with van der Waals surface area (Å²) in [5.41, 5.74) is 0. The van der Waals surface area contributed by atoms with Crippen molar-refractivity contribution in [1.82, 2.24) is 0 Å².